The molecule has 1 aromatic carbocycles. The lowest BCUT2D eigenvalue weighted by atomic mass is 10.0. The van der Waals surface area contributed by atoms with Gasteiger partial charge in [-0.2, -0.15) is 5.10 Å². The molecule has 202 valence electrons. The van der Waals surface area contributed by atoms with Crippen LogP contribution in [0.1, 0.15) is 89.1 Å². The maximum atomic E-state index is 13.0. The van der Waals surface area contributed by atoms with Crippen LogP contribution in [0, 0.1) is 0 Å². The summed E-state index contributed by atoms with van der Waals surface area (Å²) in [7, 11) is 0. The average Bonchev–Trinajstić information content (AvgIpc) is 3.73. The summed E-state index contributed by atoms with van der Waals surface area (Å²) in [5.74, 6) is 0.450. The first-order valence-electron chi connectivity index (χ1n) is 13.5. The molecule has 2 atom stereocenters. The Labute approximate surface area is 232 Å². The summed E-state index contributed by atoms with van der Waals surface area (Å²) >= 11 is 1.37. The van der Waals surface area contributed by atoms with Crippen molar-refractivity contribution in [3.05, 3.63) is 92.4 Å². The number of benzene rings is 1. The van der Waals surface area contributed by atoms with Crippen LogP contribution in [0.3, 0.4) is 0 Å². The Hall–Kier alpha value is -3.56. The van der Waals surface area contributed by atoms with Crippen LogP contribution in [0.2, 0.25) is 0 Å². The molecule has 2 N–H and O–H groups in total. The summed E-state index contributed by atoms with van der Waals surface area (Å²) in [6, 6.07) is 9.06. The molecule has 0 fully saturated rings. The number of nitrogens with one attached hydrogen (secondary N) is 1. The molecule has 2 aliphatic rings. The fraction of sp³-hybridized carbons (Fsp3) is 0.400. The second kappa shape index (κ2) is 10.2. The van der Waals surface area contributed by atoms with Crippen LogP contribution in [-0.4, -0.2) is 30.9 Å². The number of thiazole rings is 1. The van der Waals surface area contributed by atoms with E-state index in [9.17, 15) is 9.90 Å². The van der Waals surface area contributed by atoms with E-state index < -0.39 is 17.7 Å². The number of carbonyl (C=O) groups excluding carboxylic acids is 1. The minimum atomic E-state index is -1.08. The highest BCUT2D eigenvalue weighted by Gasteiger charge is 2.31. The van der Waals surface area contributed by atoms with Crippen molar-refractivity contribution in [2.75, 3.05) is 0 Å². The molecule has 4 aromatic rings. The van der Waals surface area contributed by atoms with Gasteiger partial charge in [-0.1, -0.05) is 37.3 Å². The Morgan fingerprint density at radius 3 is 2.79 bits per heavy atom. The number of hydrogen-bond donors (Lipinski definition) is 2. The second-order valence-corrected chi connectivity index (χ2v) is 12.1. The fourth-order valence-electron chi connectivity index (χ4n) is 5.56. The highest BCUT2D eigenvalue weighted by atomic mass is 32.1. The first-order chi connectivity index (χ1) is 18.8. The molecular weight excluding hydrogens is 510 g/mol. The Morgan fingerprint density at radius 1 is 1.21 bits per heavy atom. The third-order valence-corrected chi connectivity index (χ3v) is 8.97. The highest BCUT2D eigenvalue weighted by Crippen LogP contribution is 2.40. The van der Waals surface area contributed by atoms with Crippen molar-refractivity contribution in [2.24, 2.45) is 0 Å². The molecular formula is C30H33N5O3S. The van der Waals surface area contributed by atoms with Crippen LogP contribution >= 0.6 is 11.3 Å². The van der Waals surface area contributed by atoms with Crippen LogP contribution in [0.25, 0.3) is 5.69 Å². The van der Waals surface area contributed by atoms with E-state index in [1.807, 2.05) is 41.2 Å². The predicted molar refractivity (Wildman–Crippen MR) is 149 cm³/mol. The van der Waals surface area contributed by atoms with E-state index >= 15 is 0 Å². The number of rotatable bonds is 7. The van der Waals surface area contributed by atoms with Gasteiger partial charge in [0.05, 0.1) is 22.8 Å². The number of ether oxygens (including phenoxy) is 1. The molecule has 3 heterocycles. The Bertz CT molecular complexity index is 1500. The zero-order chi connectivity index (χ0) is 27.1. The van der Waals surface area contributed by atoms with E-state index in [4.69, 9.17) is 14.8 Å². The van der Waals surface area contributed by atoms with Gasteiger partial charge in [-0.05, 0) is 68.6 Å². The van der Waals surface area contributed by atoms with Crippen LogP contribution in [-0.2, 0) is 36.2 Å². The lowest BCUT2D eigenvalue weighted by Crippen LogP contribution is -2.29. The van der Waals surface area contributed by atoms with Gasteiger partial charge in [0.15, 0.2) is 0 Å². The van der Waals surface area contributed by atoms with Gasteiger partial charge < -0.3 is 15.2 Å². The molecule has 0 aliphatic heterocycles. The first-order valence-corrected chi connectivity index (χ1v) is 14.3. The lowest BCUT2D eigenvalue weighted by molar-refractivity contribution is 0.0783. The van der Waals surface area contributed by atoms with Gasteiger partial charge in [0.1, 0.15) is 17.2 Å². The van der Waals surface area contributed by atoms with Crippen LogP contribution in [0.15, 0.2) is 48.9 Å². The molecule has 8 nitrogen and oxygen atoms in total. The Kier molecular flexibility index (Phi) is 6.72. The summed E-state index contributed by atoms with van der Waals surface area (Å²) in [4.78, 5) is 23.3. The normalized spacial score (nSPS) is 17.1. The molecule has 2 aliphatic carbocycles. The molecule has 39 heavy (non-hydrogen) atoms. The van der Waals surface area contributed by atoms with Crippen molar-refractivity contribution >= 4 is 17.4 Å². The van der Waals surface area contributed by atoms with Crippen molar-refractivity contribution < 1.29 is 14.6 Å². The molecule has 1 unspecified atom stereocenters. The van der Waals surface area contributed by atoms with E-state index in [0.29, 0.717) is 10.9 Å². The monoisotopic (exact) mass is 543 g/mol. The number of aliphatic hydroxyl groups is 1. The number of hydrogen-bond acceptors (Lipinski definition) is 7. The number of carbonyl (C=O) groups is 1. The van der Waals surface area contributed by atoms with Crippen molar-refractivity contribution in [2.45, 2.75) is 77.0 Å². The molecule has 0 saturated heterocycles. The van der Waals surface area contributed by atoms with E-state index in [1.54, 1.807) is 26.2 Å². The summed E-state index contributed by atoms with van der Waals surface area (Å²) in [5.41, 5.74) is 6.81. The van der Waals surface area contributed by atoms with E-state index in [2.05, 4.69) is 17.2 Å². The second-order valence-electron chi connectivity index (χ2n) is 11.0. The van der Waals surface area contributed by atoms with Crippen molar-refractivity contribution in [3.8, 4) is 5.69 Å². The van der Waals surface area contributed by atoms with E-state index in [-0.39, 0.29) is 6.61 Å². The third kappa shape index (κ3) is 5.08. The topological polar surface area (TPSA) is 102 Å². The summed E-state index contributed by atoms with van der Waals surface area (Å²) in [6.45, 7) is 5.83. The van der Waals surface area contributed by atoms with E-state index in [1.165, 1.54) is 33.9 Å². The van der Waals surface area contributed by atoms with Gasteiger partial charge in [0.2, 0.25) is 0 Å². The van der Waals surface area contributed by atoms with Crippen molar-refractivity contribution in [3.63, 3.8) is 0 Å². The standard InChI is InChI=1S/C30H33N5O3S/c1-18-12-13-22-25(18)33-23-11-7-10-21(23)27(22)35-16-20(14-32-35)26(24-15-31-28(39-24)30(2,3)37)34-29(36)38-17-19-8-5-4-6-9-19/h4-6,8-9,14-16,18,26,37H,7,10-13,17H2,1-3H3,(H,34,36)/t18-,26?/m1/s1. The van der Waals surface area contributed by atoms with Gasteiger partial charge in [-0.15, -0.1) is 11.3 Å². The predicted octanol–water partition coefficient (Wildman–Crippen LogP) is 5.51. The Morgan fingerprint density at radius 2 is 2.03 bits per heavy atom. The number of pyridine rings is 1. The largest absolute Gasteiger partial charge is 0.445 e. The van der Waals surface area contributed by atoms with Crippen molar-refractivity contribution in [1.29, 1.82) is 0 Å². The molecule has 3 aromatic heterocycles. The van der Waals surface area contributed by atoms with Crippen LogP contribution < -0.4 is 5.32 Å². The average molecular weight is 544 g/mol. The van der Waals surface area contributed by atoms with E-state index in [0.717, 1.165) is 53.8 Å². The molecule has 0 saturated carbocycles. The molecule has 0 radical (unpaired) electrons. The molecule has 6 rings (SSSR count). The number of amides is 1. The highest BCUT2D eigenvalue weighted by molar-refractivity contribution is 7.11. The third-order valence-electron chi connectivity index (χ3n) is 7.59. The Balaban J connectivity index is 1.34. The lowest BCUT2D eigenvalue weighted by Gasteiger charge is -2.17. The maximum absolute atomic E-state index is 13.0. The molecule has 9 heteroatoms. The maximum Gasteiger partial charge on any atom is 0.408 e. The van der Waals surface area contributed by atoms with Crippen LogP contribution in [0.4, 0.5) is 4.79 Å². The minimum absolute atomic E-state index is 0.170. The first kappa shape index (κ1) is 25.7. The van der Waals surface area contributed by atoms with Gasteiger partial charge in [-0.3, -0.25) is 4.98 Å². The molecule has 0 bridgehead atoms. The number of nitrogens with zero attached hydrogens (tertiary/aromatic N) is 4. The van der Waals surface area contributed by atoms with Gasteiger partial charge in [0, 0.05) is 29.3 Å². The van der Waals surface area contributed by atoms with Gasteiger partial charge >= 0.3 is 6.09 Å². The minimum Gasteiger partial charge on any atom is -0.445 e. The zero-order valence-corrected chi connectivity index (χ0v) is 23.3. The van der Waals surface area contributed by atoms with Gasteiger partial charge in [0.25, 0.3) is 0 Å². The summed E-state index contributed by atoms with van der Waals surface area (Å²) < 4.78 is 7.52. The number of fused-ring (bicyclic) bond motifs is 2. The summed E-state index contributed by atoms with van der Waals surface area (Å²) in [5, 5.41) is 18.9. The number of alkyl carbamates (subject to hydrolysis) is 1. The molecule has 0 spiro atoms. The fourth-order valence-corrected chi connectivity index (χ4v) is 6.56. The number of aromatic nitrogens is 4. The van der Waals surface area contributed by atoms with Gasteiger partial charge in [-0.25, -0.2) is 14.5 Å². The van der Waals surface area contributed by atoms with Crippen molar-refractivity contribution in [1.82, 2.24) is 25.1 Å². The number of aryl methyl sites for hydroxylation is 1. The molecule has 1 amide bonds. The SMILES string of the molecule is C[C@@H]1CCc2c1nc1c(c2-n2cc(C(NC(=O)OCc3ccccc3)c3cnc(C(C)(C)O)s3)cn2)CCC1. The zero-order valence-electron chi connectivity index (χ0n) is 22.5. The smallest absolute Gasteiger partial charge is 0.408 e. The summed E-state index contributed by atoms with van der Waals surface area (Å²) in [6.07, 6.45) is 10.2. The van der Waals surface area contributed by atoms with Crippen LogP contribution in [0.5, 0.6) is 0 Å². The quantitative estimate of drug-likeness (QED) is 0.319.